The topological polar surface area (TPSA) is 53.8 Å². The molecule has 0 spiro atoms. The van der Waals surface area contributed by atoms with Crippen molar-refractivity contribution in [3.8, 4) is 6.07 Å². The first kappa shape index (κ1) is 12.5. The van der Waals surface area contributed by atoms with Crippen LogP contribution in [0.2, 0.25) is 0 Å². The van der Waals surface area contributed by atoms with Crippen LogP contribution in [0.1, 0.15) is 22.0 Å². The molecule has 0 amide bonds. The lowest BCUT2D eigenvalue weighted by Gasteiger charge is -2.07. The van der Waals surface area contributed by atoms with E-state index in [1.165, 1.54) is 0 Å². The fraction of sp³-hybridized carbons (Fsp3) is 0.0714. The Kier molecular flexibility index (Phi) is 3.85. The smallest absolute Gasteiger partial charge is 0.186 e. The molecule has 0 aliphatic heterocycles. The summed E-state index contributed by atoms with van der Waals surface area (Å²) in [5.41, 5.74) is 0.978. The number of carbonyl (C=O) groups excluding carboxylic acids is 1. The van der Waals surface area contributed by atoms with Crippen molar-refractivity contribution in [3.63, 3.8) is 0 Å². The van der Waals surface area contributed by atoms with E-state index in [0.29, 0.717) is 11.3 Å². The zero-order chi connectivity index (χ0) is 13.0. The Bertz CT molecular complexity index is 605. The van der Waals surface area contributed by atoms with Gasteiger partial charge in [0.25, 0.3) is 0 Å². The van der Waals surface area contributed by atoms with Gasteiger partial charge in [-0.2, -0.15) is 5.26 Å². The number of hydrogen-bond acceptors (Lipinski definition) is 3. The number of aromatic nitrogens is 1. The van der Waals surface area contributed by atoms with Crippen molar-refractivity contribution in [2.45, 2.75) is 5.92 Å². The Morgan fingerprint density at radius 3 is 2.72 bits per heavy atom. The molecule has 1 unspecified atom stereocenters. The summed E-state index contributed by atoms with van der Waals surface area (Å²) in [6.45, 7) is 0. The number of nitrogens with zero attached hydrogens (tertiary/aromatic N) is 2. The number of hydrogen-bond donors (Lipinski definition) is 0. The van der Waals surface area contributed by atoms with Crippen LogP contribution in [0.4, 0.5) is 0 Å². The number of Topliss-reactive ketones (excluding diaryl/α,β-unsaturated/α-hetero) is 1. The van der Waals surface area contributed by atoms with Crippen LogP contribution in [-0.4, -0.2) is 10.8 Å². The van der Waals surface area contributed by atoms with Crippen molar-refractivity contribution < 1.29 is 4.79 Å². The quantitative estimate of drug-likeness (QED) is 0.817. The molecule has 0 fully saturated rings. The second kappa shape index (κ2) is 5.56. The highest BCUT2D eigenvalue weighted by atomic mass is 79.9. The van der Waals surface area contributed by atoms with Crippen molar-refractivity contribution in [1.82, 2.24) is 4.98 Å². The molecule has 0 saturated carbocycles. The van der Waals surface area contributed by atoms with Gasteiger partial charge in [-0.15, -0.1) is 0 Å². The molecule has 0 N–H and O–H groups in total. The van der Waals surface area contributed by atoms with Gasteiger partial charge in [0, 0.05) is 16.2 Å². The lowest BCUT2D eigenvalue weighted by molar-refractivity contribution is 0.0977. The van der Waals surface area contributed by atoms with Gasteiger partial charge in [-0.1, -0.05) is 34.1 Å². The Hall–Kier alpha value is -1.99. The van der Waals surface area contributed by atoms with Crippen LogP contribution in [-0.2, 0) is 0 Å². The van der Waals surface area contributed by atoms with Crippen molar-refractivity contribution >= 4 is 21.7 Å². The monoisotopic (exact) mass is 300 g/mol. The lowest BCUT2D eigenvalue weighted by atomic mass is 9.95. The van der Waals surface area contributed by atoms with Gasteiger partial charge < -0.3 is 0 Å². The summed E-state index contributed by atoms with van der Waals surface area (Å²) in [6, 6.07) is 14.2. The van der Waals surface area contributed by atoms with Crippen molar-refractivity contribution in [2.75, 3.05) is 0 Å². The van der Waals surface area contributed by atoms with E-state index < -0.39 is 5.92 Å². The minimum atomic E-state index is -0.861. The van der Waals surface area contributed by atoms with Crippen LogP contribution in [0.15, 0.2) is 53.1 Å². The maximum atomic E-state index is 12.2. The van der Waals surface area contributed by atoms with Gasteiger partial charge in [0.1, 0.15) is 0 Å². The third kappa shape index (κ3) is 2.63. The normalized spacial score (nSPS) is 11.6. The molecule has 1 aromatic carbocycles. The first-order valence-corrected chi connectivity index (χ1v) is 6.12. The summed E-state index contributed by atoms with van der Waals surface area (Å²) < 4.78 is 0.811. The zero-order valence-electron chi connectivity index (χ0n) is 9.38. The zero-order valence-corrected chi connectivity index (χ0v) is 11.0. The SMILES string of the molecule is N#CC(C(=O)c1cccc(Br)c1)c1ccccn1. The lowest BCUT2D eigenvalue weighted by Crippen LogP contribution is -2.12. The minimum Gasteiger partial charge on any atom is -0.292 e. The summed E-state index contributed by atoms with van der Waals surface area (Å²) >= 11 is 3.31. The molecule has 1 atom stereocenters. The second-order valence-electron chi connectivity index (χ2n) is 3.69. The van der Waals surface area contributed by atoms with E-state index in [4.69, 9.17) is 5.26 Å². The summed E-state index contributed by atoms with van der Waals surface area (Å²) in [6.07, 6.45) is 1.58. The van der Waals surface area contributed by atoms with Crippen LogP contribution in [0.25, 0.3) is 0 Å². The summed E-state index contributed by atoms with van der Waals surface area (Å²) in [7, 11) is 0. The molecule has 0 aliphatic rings. The molecule has 4 heteroatoms. The molecule has 0 aliphatic carbocycles. The third-order valence-electron chi connectivity index (χ3n) is 2.48. The van der Waals surface area contributed by atoms with Crippen LogP contribution in [0.5, 0.6) is 0 Å². The van der Waals surface area contributed by atoms with Gasteiger partial charge in [0.2, 0.25) is 0 Å². The Labute approximate surface area is 113 Å². The number of ketones is 1. The van der Waals surface area contributed by atoms with E-state index >= 15 is 0 Å². The maximum Gasteiger partial charge on any atom is 0.186 e. The molecular formula is C14H9BrN2O. The minimum absolute atomic E-state index is 0.238. The van der Waals surface area contributed by atoms with Gasteiger partial charge in [-0.3, -0.25) is 9.78 Å². The Morgan fingerprint density at radius 2 is 2.11 bits per heavy atom. The summed E-state index contributed by atoms with van der Waals surface area (Å²) in [5.74, 6) is -1.10. The number of halogens is 1. The van der Waals surface area contributed by atoms with E-state index in [2.05, 4.69) is 20.9 Å². The highest BCUT2D eigenvalue weighted by Gasteiger charge is 2.22. The third-order valence-corrected chi connectivity index (χ3v) is 2.98. The van der Waals surface area contributed by atoms with Crippen molar-refractivity contribution in [1.29, 1.82) is 5.26 Å². The largest absolute Gasteiger partial charge is 0.292 e. The van der Waals surface area contributed by atoms with Gasteiger partial charge in [-0.25, -0.2) is 0 Å². The Balaban J connectivity index is 2.36. The first-order chi connectivity index (χ1) is 8.72. The van der Waals surface area contributed by atoms with E-state index in [9.17, 15) is 4.79 Å². The molecule has 0 bridgehead atoms. The average molecular weight is 301 g/mol. The van der Waals surface area contributed by atoms with Gasteiger partial charge >= 0.3 is 0 Å². The summed E-state index contributed by atoms with van der Waals surface area (Å²) in [4.78, 5) is 16.3. The van der Waals surface area contributed by atoms with Crippen LogP contribution in [0, 0.1) is 11.3 Å². The molecule has 18 heavy (non-hydrogen) atoms. The first-order valence-electron chi connectivity index (χ1n) is 5.32. The van der Waals surface area contributed by atoms with Gasteiger partial charge in [0.05, 0.1) is 11.8 Å². The molecule has 0 radical (unpaired) electrons. The highest BCUT2D eigenvalue weighted by molar-refractivity contribution is 9.10. The standard InChI is InChI=1S/C14H9BrN2O/c15-11-5-3-4-10(8-11)14(18)12(9-16)13-6-1-2-7-17-13/h1-8,12H. The fourth-order valence-corrected chi connectivity index (χ4v) is 2.01. The predicted octanol–water partition coefficient (Wildman–Crippen LogP) is 3.33. The molecule has 1 heterocycles. The number of nitriles is 1. The van der Waals surface area contributed by atoms with E-state index in [1.54, 1.807) is 42.6 Å². The van der Waals surface area contributed by atoms with Gasteiger partial charge in [-0.05, 0) is 24.3 Å². The maximum absolute atomic E-state index is 12.2. The van der Waals surface area contributed by atoms with E-state index in [0.717, 1.165) is 4.47 Å². The van der Waals surface area contributed by atoms with Crippen LogP contribution in [0.3, 0.4) is 0 Å². The molecule has 2 rings (SSSR count). The van der Waals surface area contributed by atoms with E-state index in [-0.39, 0.29) is 5.78 Å². The molecule has 2 aromatic rings. The number of carbonyl (C=O) groups is 1. The number of rotatable bonds is 3. The van der Waals surface area contributed by atoms with Gasteiger partial charge in [0.15, 0.2) is 11.7 Å². The van der Waals surface area contributed by atoms with Crippen molar-refractivity contribution in [2.24, 2.45) is 0 Å². The van der Waals surface area contributed by atoms with E-state index in [1.807, 2.05) is 12.1 Å². The molecule has 88 valence electrons. The molecular weight excluding hydrogens is 292 g/mol. The van der Waals surface area contributed by atoms with Crippen LogP contribution >= 0.6 is 15.9 Å². The molecule has 1 aromatic heterocycles. The van der Waals surface area contributed by atoms with Crippen molar-refractivity contribution in [3.05, 3.63) is 64.4 Å². The molecule has 3 nitrogen and oxygen atoms in total. The Morgan fingerprint density at radius 1 is 1.28 bits per heavy atom. The second-order valence-corrected chi connectivity index (χ2v) is 4.61. The number of benzene rings is 1. The van der Waals surface area contributed by atoms with Crippen LogP contribution < -0.4 is 0 Å². The predicted molar refractivity (Wildman–Crippen MR) is 71.1 cm³/mol. The molecule has 0 saturated heterocycles. The number of pyridine rings is 1. The fourth-order valence-electron chi connectivity index (χ4n) is 1.61. The highest BCUT2D eigenvalue weighted by Crippen LogP contribution is 2.20. The average Bonchev–Trinajstić information content (AvgIpc) is 2.41. The summed E-state index contributed by atoms with van der Waals surface area (Å²) in [5, 5.41) is 9.16.